The Morgan fingerprint density at radius 1 is 1.60 bits per heavy atom. The Hall–Kier alpha value is -1.44. The molecule has 0 aliphatic carbocycles. The van der Waals surface area contributed by atoms with Gasteiger partial charge in [0.1, 0.15) is 5.75 Å². The van der Waals surface area contributed by atoms with Crippen LogP contribution < -0.4 is 16.0 Å². The van der Waals surface area contributed by atoms with E-state index in [2.05, 4.69) is 10.00 Å². The van der Waals surface area contributed by atoms with Crippen LogP contribution in [0.15, 0.2) is 17.1 Å². The molecule has 1 aromatic heterocycles. The molecule has 1 atom stereocenters. The largest absolute Gasteiger partial charge is 0.492 e. The molecule has 1 saturated heterocycles. The number of hydrogen-bond donors (Lipinski definition) is 1. The Morgan fingerprint density at radius 3 is 3.15 bits per heavy atom. The lowest BCUT2D eigenvalue weighted by Gasteiger charge is -2.29. The monoisotopic (exact) mass is 282 g/mol. The lowest BCUT2D eigenvalue weighted by molar-refractivity contribution is -0.0297. The molecule has 0 radical (unpaired) electrons. The first-order valence-electron chi connectivity index (χ1n) is 6.89. The quantitative estimate of drug-likeness (QED) is 0.695. The minimum Gasteiger partial charge on any atom is -0.492 e. The van der Waals surface area contributed by atoms with E-state index in [1.54, 1.807) is 6.20 Å². The summed E-state index contributed by atoms with van der Waals surface area (Å²) in [6, 6.07) is 1.45. The van der Waals surface area contributed by atoms with Crippen molar-refractivity contribution in [1.82, 2.24) is 14.7 Å². The first-order chi connectivity index (χ1) is 9.69. The molecule has 0 amide bonds. The van der Waals surface area contributed by atoms with Gasteiger partial charge < -0.3 is 20.1 Å². The molecule has 2 heterocycles. The number of likely N-dealkylation sites (N-methyl/N-ethyl adjacent to an activating group) is 1. The summed E-state index contributed by atoms with van der Waals surface area (Å²) < 4.78 is 12.4. The molecular weight excluding hydrogens is 260 g/mol. The minimum absolute atomic E-state index is 0.00274. The topological polar surface area (TPSA) is 82.6 Å². The third-order valence-electron chi connectivity index (χ3n) is 3.18. The van der Waals surface area contributed by atoms with E-state index >= 15 is 0 Å². The molecule has 1 aromatic rings. The molecule has 0 saturated carbocycles. The van der Waals surface area contributed by atoms with Crippen LogP contribution in [0.2, 0.25) is 0 Å². The molecule has 1 aliphatic heterocycles. The zero-order valence-electron chi connectivity index (χ0n) is 11.8. The Labute approximate surface area is 118 Å². The molecular formula is C13H22N4O3. The fraction of sp³-hybridized carbons (Fsp3) is 0.692. The molecule has 1 fully saturated rings. The van der Waals surface area contributed by atoms with E-state index in [9.17, 15) is 4.79 Å². The Bertz CT molecular complexity index is 477. The summed E-state index contributed by atoms with van der Waals surface area (Å²) in [6.45, 7) is 3.95. The zero-order chi connectivity index (χ0) is 14.4. The second-order valence-electron chi connectivity index (χ2n) is 4.96. The van der Waals surface area contributed by atoms with E-state index in [1.807, 2.05) is 7.05 Å². The first kappa shape index (κ1) is 15.0. The van der Waals surface area contributed by atoms with Gasteiger partial charge in [0.2, 0.25) is 0 Å². The van der Waals surface area contributed by atoms with Gasteiger partial charge in [0.25, 0.3) is 5.56 Å². The molecule has 1 unspecified atom stereocenters. The first-order valence-corrected chi connectivity index (χ1v) is 6.89. The number of nitrogens with two attached hydrogens (primary N) is 1. The van der Waals surface area contributed by atoms with Crippen molar-refractivity contribution in [3.63, 3.8) is 0 Å². The van der Waals surface area contributed by atoms with Crippen molar-refractivity contribution in [3.05, 3.63) is 22.6 Å². The molecule has 2 N–H and O–H groups in total. The van der Waals surface area contributed by atoms with Crippen LogP contribution in [0.3, 0.4) is 0 Å². The summed E-state index contributed by atoms with van der Waals surface area (Å²) in [5.41, 5.74) is 5.21. The van der Waals surface area contributed by atoms with Crippen LogP contribution >= 0.6 is 0 Å². The summed E-state index contributed by atoms with van der Waals surface area (Å²) in [5, 5.41) is 4.13. The highest BCUT2D eigenvalue weighted by Gasteiger charge is 2.19. The van der Waals surface area contributed by atoms with Crippen LogP contribution in [0.5, 0.6) is 5.75 Å². The minimum atomic E-state index is -0.174. The maximum atomic E-state index is 12.0. The number of nitrogens with zero attached hydrogens (tertiary/aromatic N) is 3. The molecule has 20 heavy (non-hydrogen) atoms. The smallest absolute Gasteiger partial charge is 0.270 e. The van der Waals surface area contributed by atoms with E-state index in [4.69, 9.17) is 15.2 Å². The van der Waals surface area contributed by atoms with Crippen molar-refractivity contribution in [1.29, 1.82) is 0 Å². The molecule has 1 aliphatic rings. The van der Waals surface area contributed by atoms with Crippen LogP contribution in [0.1, 0.15) is 6.42 Å². The van der Waals surface area contributed by atoms with E-state index in [0.717, 1.165) is 19.5 Å². The van der Waals surface area contributed by atoms with Gasteiger partial charge >= 0.3 is 0 Å². The van der Waals surface area contributed by atoms with Crippen LogP contribution in [0.4, 0.5) is 0 Å². The van der Waals surface area contributed by atoms with Gasteiger partial charge in [-0.3, -0.25) is 4.79 Å². The molecule has 0 spiro atoms. The van der Waals surface area contributed by atoms with Crippen molar-refractivity contribution in [3.8, 4) is 5.75 Å². The van der Waals surface area contributed by atoms with Gasteiger partial charge in [0.05, 0.1) is 32.1 Å². The van der Waals surface area contributed by atoms with Crippen LogP contribution in [0.25, 0.3) is 0 Å². The lowest BCUT2D eigenvalue weighted by atomic mass is 10.3. The van der Waals surface area contributed by atoms with Gasteiger partial charge in [-0.25, -0.2) is 4.68 Å². The van der Waals surface area contributed by atoms with E-state index < -0.39 is 0 Å². The standard InChI is InChI=1S/C13H22N4O3/c1-16-4-6-20-12(9-16)10-17-13(18)7-11(8-15-17)19-5-2-3-14/h7-8,12H,2-6,9-10,14H2,1H3. The van der Waals surface area contributed by atoms with Crippen molar-refractivity contribution >= 4 is 0 Å². The van der Waals surface area contributed by atoms with Crippen molar-refractivity contribution < 1.29 is 9.47 Å². The SMILES string of the molecule is CN1CCOC(Cn2ncc(OCCCN)cc2=O)C1. The number of hydrogen-bond acceptors (Lipinski definition) is 6. The molecule has 7 nitrogen and oxygen atoms in total. The average Bonchev–Trinajstić information content (AvgIpc) is 2.42. The Morgan fingerprint density at radius 2 is 2.45 bits per heavy atom. The highest BCUT2D eigenvalue weighted by molar-refractivity contribution is 5.13. The predicted molar refractivity (Wildman–Crippen MR) is 74.9 cm³/mol. The summed E-state index contributed by atoms with van der Waals surface area (Å²) in [6.07, 6.45) is 2.32. The summed E-state index contributed by atoms with van der Waals surface area (Å²) >= 11 is 0. The van der Waals surface area contributed by atoms with Gasteiger partial charge in [-0.2, -0.15) is 5.10 Å². The normalized spacial score (nSPS) is 20.0. The van der Waals surface area contributed by atoms with E-state index in [0.29, 0.717) is 32.1 Å². The lowest BCUT2D eigenvalue weighted by Crippen LogP contribution is -2.43. The van der Waals surface area contributed by atoms with Crippen molar-refractivity contribution in [2.75, 3.05) is 39.9 Å². The predicted octanol–water partition coefficient (Wildman–Crippen LogP) is -0.698. The van der Waals surface area contributed by atoms with Crippen molar-refractivity contribution in [2.24, 2.45) is 5.73 Å². The summed E-state index contributed by atoms with van der Waals surface area (Å²) in [7, 11) is 2.04. The van der Waals surface area contributed by atoms with Gasteiger partial charge in [-0.15, -0.1) is 0 Å². The molecule has 112 valence electrons. The zero-order valence-corrected chi connectivity index (χ0v) is 11.8. The van der Waals surface area contributed by atoms with Crippen LogP contribution in [0, 0.1) is 0 Å². The number of ether oxygens (including phenoxy) is 2. The third kappa shape index (κ3) is 4.29. The Kier molecular flexibility index (Phi) is 5.51. The van der Waals surface area contributed by atoms with Crippen LogP contribution in [-0.2, 0) is 11.3 Å². The van der Waals surface area contributed by atoms with Gasteiger partial charge in [-0.1, -0.05) is 0 Å². The molecule has 7 heteroatoms. The van der Waals surface area contributed by atoms with Crippen molar-refractivity contribution in [2.45, 2.75) is 19.1 Å². The fourth-order valence-corrected chi connectivity index (χ4v) is 2.08. The second-order valence-corrected chi connectivity index (χ2v) is 4.96. The Balaban J connectivity index is 1.93. The second kappa shape index (κ2) is 7.37. The maximum absolute atomic E-state index is 12.0. The van der Waals surface area contributed by atoms with Gasteiger partial charge in [-0.05, 0) is 20.0 Å². The van der Waals surface area contributed by atoms with E-state index in [1.165, 1.54) is 10.7 Å². The maximum Gasteiger partial charge on any atom is 0.270 e. The third-order valence-corrected chi connectivity index (χ3v) is 3.18. The number of aromatic nitrogens is 2. The molecule has 0 bridgehead atoms. The molecule has 2 rings (SSSR count). The van der Waals surface area contributed by atoms with Crippen LogP contribution in [-0.4, -0.2) is 60.7 Å². The highest BCUT2D eigenvalue weighted by Crippen LogP contribution is 2.07. The summed E-state index contributed by atoms with van der Waals surface area (Å²) in [5.74, 6) is 0.487. The number of morpholine rings is 1. The molecule has 0 aromatic carbocycles. The van der Waals surface area contributed by atoms with Gasteiger partial charge in [0.15, 0.2) is 0 Å². The van der Waals surface area contributed by atoms with E-state index in [-0.39, 0.29) is 11.7 Å². The average molecular weight is 282 g/mol. The summed E-state index contributed by atoms with van der Waals surface area (Å²) in [4.78, 5) is 14.1. The van der Waals surface area contributed by atoms with Gasteiger partial charge in [0, 0.05) is 19.2 Å². The fourth-order valence-electron chi connectivity index (χ4n) is 2.08. The number of rotatable bonds is 6. The highest BCUT2D eigenvalue weighted by atomic mass is 16.5.